The maximum Gasteiger partial charge on any atom is 0.338 e. The number of carbonyl (C=O) groups is 2. The van der Waals surface area contributed by atoms with E-state index in [4.69, 9.17) is 9.84 Å². The first-order chi connectivity index (χ1) is 8.38. The first-order valence-corrected chi connectivity index (χ1v) is 6.26. The Morgan fingerprint density at radius 3 is 2.72 bits per heavy atom. The highest BCUT2D eigenvalue weighted by Crippen LogP contribution is 2.29. The van der Waals surface area contributed by atoms with Crippen LogP contribution in [0.25, 0.3) is 0 Å². The highest BCUT2D eigenvalue weighted by Gasteiger charge is 2.29. The molecule has 0 saturated heterocycles. The van der Waals surface area contributed by atoms with Crippen molar-refractivity contribution in [3.63, 3.8) is 0 Å². The van der Waals surface area contributed by atoms with Gasteiger partial charge < -0.3 is 9.84 Å². The van der Waals surface area contributed by atoms with Crippen molar-refractivity contribution in [3.05, 3.63) is 23.9 Å². The zero-order valence-electron chi connectivity index (χ0n) is 10.5. The Morgan fingerprint density at radius 1 is 1.50 bits per heavy atom. The lowest BCUT2D eigenvalue weighted by Gasteiger charge is -2.20. The van der Waals surface area contributed by atoms with Gasteiger partial charge >= 0.3 is 11.9 Å². The average molecular weight is 269 g/mol. The molecule has 0 saturated carbocycles. The first-order valence-electron chi connectivity index (χ1n) is 5.28. The molecule has 0 aliphatic heterocycles. The van der Waals surface area contributed by atoms with E-state index in [0.717, 1.165) is 0 Å². The standard InChI is InChI=1S/C12H15NO4S/c1-12(2,11(16)17-3)7-18-9-8(10(14)15)5-4-6-13-9/h4-6H,7H2,1-3H3,(H,14,15). The second kappa shape index (κ2) is 5.86. The number of aromatic nitrogens is 1. The van der Waals surface area contributed by atoms with E-state index in [0.29, 0.717) is 10.8 Å². The van der Waals surface area contributed by atoms with Crippen LogP contribution in [0.1, 0.15) is 24.2 Å². The molecule has 0 radical (unpaired) electrons. The van der Waals surface area contributed by atoms with E-state index in [1.54, 1.807) is 19.9 Å². The van der Waals surface area contributed by atoms with Crippen molar-refractivity contribution in [1.82, 2.24) is 4.98 Å². The molecule has 1 rings (SSSR count). The third kappa shape index (κ3) is 3.46. The van der Waals surface area contributed by atoms with Gasteiger partial charge in [0, 0.05) is 11.9 Å². The molecule has 0 fully saturated rings. The van der Waals surface area contributed by atoms with Gasteiger partial charge in [0.2, 0.25) is 0 Å². The number of hydrogen-bond donors (Lipinski definition) is 1. The maximum absolute atomic E-state index is 11.5. The van der Waals surface area contributed by atoms with Crippen LogP contribution in [-0.4, -0.2) is 34.9 Å². The number of pyridine rings is 1. The molecule has 0 bridgehead atoms. The Labute approximate surface area is 110 Å². The number of ether oxygens (including phenoxy) is 1. The van der Waals surface area contributed by atoms with Crippen molar-refractivity contribution in [2.24, 2.45) is 5.41 Å². The Kier molecular flexibility index (Phi) is 4.72. The number of carboxylic acids is 1. The summed E-state index contributed by atoms with van der Waals surface area (Å²) in [5.41, 5.74) is -0.546. The molecular formula is C12H15NO4S. The van der Waals surface area contributed by atoms with Crippen molar-refractivity contribution in [2.75, 3.05) is 12.9 Å². The Hall–Kier alpha value is -1.56. The number of thioether (sulfide) groups is 1. The molecule has 0 atom stereocenters. The highest BCUT2D eigenvalue weighted by atomic mass is 32.2. The monoisotopic (exact) mass is 269 g/mol. The van der Waals surface area contributed by atoms with E-state index < -0.39 is 11.4 Å². The molecule has 1 heterocycles. The first kappa shape index (κ1) is 14.5. The maximum atomic E-state index is 11.5. The summed E-state index contributed by atoms with van der Waals surface area (Å²) in [4.78, 5) is 26.5. The zero-order valence-corrected chi connectivity index (χ0v) is 11.3. The molecule has 0 aliphatic rings. The number of methoxy groups -OCH3 is 1. The summed E-state index contributed by atoms with van der Waals surface area (Å²) in [6.45, 7) is 3.49. The summed E-state index contributed by atoms with van der Waals surface area (Å²) in [6, 6.07) is 3.06. The molecule has 0 spiro atoms. The van der Waals surface area contributed by atoms with Crippen LogP contribution in [-0.2, 0) is 9.53 Å². The van der Waals surface area contributed by atoms with Gasteiger partial charge in [0.25, 0.3) is 0 Å². The highest BCUT2D eigenvalue weighted by molar-refractivity contribution is 7.99. The third-order valence-electron chi connectivity index (χ3n) is 2.31. The Bertz CT molecular complexity index is 459. The van der Waals surface area contributed by atoms with Gasteiger partial charge in [-0.25, -0.2) is 9.78 Å². The topological polar surface area (TPSA) is 76.5 Å². The molecule has 0 aromatic carbocycles. The molecule has 6 heteroatoms. The minimum atomic E-state index is -1.03. The van der Waals surface area contributed by atoms with Crippen LogP contribution in [0.2, 0.25) is 0 Å². The van der Waals surface area contributed by atoms with Crippen molar-refractivity contribution >= 4 is 23.7 Å². The lowest BCUT2D eigenvalue weighted by molar-refractivity contribution is -0.149. The van der Waals surface area contributed by atoms with Gasteiger partial charge in [-0.05, 0) is 26.0 Å². The number of hydrogen-bond acceptors (Lipinski definition) is 5. The molecule has 0 unspecified atom stereocenters. The summed E-state index contributed by atoms with van der Waals surface area (Å²) in [7, 11) is 1.33. The largest absolute Gasteiger partial charge is 0.478 e. The van der Waals surface area contributed by atoms with E-state index in [1.165, 1.54) is 31.1 Å². The van der Waals surface area contributed by atoms with Crippen LogP contribution in [0.15, 0.2) is 23.4 Å². The second-order valence-corrected chi connectivity index (χ2v) is 5.29. The Morgan fingerprint density at radius 2 is 2.17 bits per heavy atom. The lowest BCUT2D eigenvalue weighted by Crippen LogP contribution is -2.28. The van der Waals surface area contributed by atoms with Gasteiger partial charge in [-0.2, -0.15) is 0 Å². The van der Waals surface area contributed by atoms with Crippen LogP contribution in [0.3, 0.4) is 0 Å². The van der Waals surface area contributed by atoms with E-state index in [9.17, 15) is 9.59 Å². The van der Waals surface area contributed by atoms with Crippen molar-refractivity contribution in [3.8, 4) is 0 Å². The molecule has 0 aliphatic carbocycles. The predicted molar refractivity (Wildman–Crippen MR) is 67.7 cm³/mol. The van der Waals surface area contributed by atoms with Gasteiger partial charge in [0.05, 0.1) is 18.1 Å². The average Bonchev–Trinajstić information content (AvgIpc) is 2.35. The van der Waals surface area contributed by atoms with E-state index in [1.807, 2.05) is 0 Å². The smallest absolute Gasteiger partial charge is 0.338 e. The number of aromatic carboxylic acids is 1. The fourth-order valence-corrected chi connectivity index (χ4v) is 2.31. The number of nitrogens with zero attached hydrogens (tertiary/aromatic N) is 1. The van der Waals surface area contributed by atoms with E-state index in [2.05, 4.69) is 4.98 Å². The molecule has 1 aromatic heterocycles. The van der Waals surface area contributed by atoms with Crippen molar-refractivity contribution in [1.29, 1.82) is 0 Å². The summed E-state index contributed by atoms with van der Waals surface area (Å²) in [5, 5.41) is 9.41. The summed E-state index contributed by atoms with van der Waals surface area (Å²) in [6.07, 6.45) is 1.53. The van der Waals surface area contributed by atoms with Gasteiger partial charge in [-0.3, -0.25) is 4.79 Å². The Balaban J connectivity index is 2.81. The molecular weight excluding hydrogens is 254 g/mol. The van der Waals surface area contributed by atoms with Gasteiger partial charge in [0.15, 0.2) is 0 Å². The number of carboxylic acid groups (broad SMARTS) is 1. The van der Waals surface area contributed by atoms with Crippen molar-refractivity contribution < 1.29 is 19.4 Å². The molecule has 1 N–H and O–H groups in total. The van der Waals surface area contributed by atoms with E-state index >= 15 is 0 Å². The molecule has 1 aromatic rings. The third-order valence-corrected chi connectivity index (χ3v) is 3.77. The zero-order chi connectivity index (χ0) is 13.8. The van der Waals surface area contributed by atoms with Gasteiger partial charge in [-0.15, -0.1) is 11.8 Å². The van der Waals surface area contributed by atoms with Gasteiger partial charge in [0.1, 0.15) is 5.03 Å². The minimum Gasteiger partial charge on any atom is -0.478 e. The van der Waals surface area contributed by atoms with Crippen LogP contribution in [0.4, 0.5) is 0 Å². The molecule has 98 valence electrons. The van der Waals surface area contributed by atoms with Crippen LogP contribution >= 0.6 is 11.8 Å². The number of rotatable bonds is 5. The lowest BCUT2D eigenvalue weighted by atomic mass is 9.97. The van der Waals surface area contributed by atoms with Crippen LogP contribution in [0.5, 0.6) is 0 Å². The van der Waals surface area contributed by atoms with E-state index in [-0.39, 0.29) is 11.5 Å². The molecule has 0 amide bonds. The second-order valence-electron chi connectivity index (χ2n) is 4.33. The SMILES string of the molecule is COC(=O)C(C)(C)CSc1ncccc1C(=O)O. The summed E-state index contributed by atoms with van der Waals surface area (Å²) in [5.74, 6) is -0.957. The minimum absolute atomic E-state index is 0.142. The number of carbonyl (C=O) groups excluding carboxylic acids is 1. The summed E-state index contributed by atoms with van der Waals surface area (Å²) >= 11 is 1.23. The fraction of sp³-hybridized carbons (Fsp3) is 0.417. The van der Waals surface area contributed by atoms with Gasteiger partial charge in [-0.1, -0.05) is 0 Å². The van der Waals surface area contributed by atoms with Crippen LogP contribution < -0.4 is 0 Å². The van der Waals surface area contributed by atoms with Crippen LogP contribution in [0, 0.1) is 5.41 Å². The number of esters is 1. The quantitative estimate of drug-likeness (QED) is 0.651. The summed E-state index contributed by atoms with van der Waals surface area (Å²) < 4.78 is 4.69. The molecule has 18 heavy (non-hydrogen) atoms. The molecule has 5 nitrogen and oxygen atoms in total. The predicted octanol–water partition coefficient (Wildman–Crippen LogP) is 2.07. The normalized spacial score (nSPS) is 11.1. The van der Waals surface area contributed by atoms with Crippen molar-refractivity contribution in [2.45, 2.75) is 18.9 Å². The fourth-order valence-electron chi connectivity index (χ4n) is 1.25.